The maximum absolute atomic E-state index is 5.59. The number of thiazole rings is 1. The minimum atomic E-state index is 0.667. The third-order valence-corrected chi connectivity index (χ3v) is 2.75. The second-order valence-corrected chi connectivity index (χ2v) is 4.79. The molecule has 0 fully saturated rings. The first-order valence-electron chi connectivity index (χ1n) is 5.04. The topological polar surface area (TPSA) is 42.1 Å². The van der Waals surface area contributed by atoms with E-state index in [9.17, 15) is 0 Å². The molecule has 0 aliphatic carbocycles. The van der Waals surface area contributed by atoms with Gasteiger partial charge in [0.1, 0.15) is 0 Å². The summed E-state index contributed by atoms with van der Waals surface area (Å²) in [6, 6.07) is 0. The Morgan fingerprint density at radius 1 is 1.57 bits per heavy atom. The van der Waals surface area contributed by atoms with Gasteiger partial charge in [-0.1, -0.05) is 20.8 Å². The number of hydrogen-bond acceptors (Lipinski definition) is 4. The molecule has 0 amide bonds. The zero-order chi connectivity index (χ0) is 10.6. The van der Waals surface area contributed by atoms with E-state index >= 15 is 0 Å². The van der Waals surface area contributed by atoms with Crippen LogP contribution < -0.4 is 5.73 Å². The van der Waals surface area contributed by atoms with E-state index in [1.54, 1.807) is 0 Å². The Morgan fingerprint density at radius 2 is 2.29 bits per heavy atom. The minimum absolute atomic E-state index is 0.667. The van der Waals surface area contributed by atoms with Crippen LogP contribution in [0, 0.1) is 5.92 Å². The second-order valence-electron chi connectivity index (χ2n) is 3.90. The van der Waals surface area contributed by atoms with Crippen molar-refractivity contribution in [2.45, 2.75) is 27.3 Å². The quantitative estimate of drug-likeness (QED) is 0.815. The molecule has 0 atom stereocenters. The van der Waals surface area contributed by atoms with Gasteiger partial charge in [0.15, 0.2) is 5.13 Å². The van der Waals surface area contributed by atoms with Crippen molar-refractivity contribution < 1.29 is 0 Å². The van der Waals surface area contributed by atoms with E-state index in [-0.39, 0.29) is 0 Å². The highest BCUT2D eigenvalue weighted by Crippen LogP contribution is 2.13. The first kappa shape index (κ1) is 11.5. The van der Waals surface area contributed by atoms with Crippen LogP contribution in [-0.2, 0) is 6.54 Å². The van der Waals surface area contributed by atoms with E-state index in [1.165, 1.54) is 11.3 Å². The molecule has 2 N–H and O–H groups in total. The predicted molar refractivity (Wildman–Crippen MR) is 62.3 cm³/mol. The normalized spacial score (nSPS) is 11.5. The van der Waals surface area contributed by atoms with Gasteiger partial charge in [0.25, 0.3) is 0 Å². The molecule has 0 unspecified atom stereocenters. The van der Waals surface area contributed by atoms with E-state index in [0.29, 0.717) is 11.0 Å². The Hall–Kier alpha value is -0.610. The van der Waals surface area contributed by atoms with Crippen molar-refractivity contribution in [1.29, 1.82) is 0 Å². The summed E-state index contributed by atoms with van der Waals surface area (Å²) in [5.41, 5.74) is 6.68. The summed E-state index contributed by atoms with van der Waals surface area (Å²) in [7, 11) is 0. The highest BCUT2D eigenvalue weighted by Gasteiger charge is 2.07. The van der Waals surface area contributed by atoms with Crippen LogP contribution in [0.2, 0.25) is 0 Å². The summed E-state index contributed by atoms with van der Waals surface area (Å²) in [5.74, 6) is 0.700. The summed E-state index contributed by atoms with van der Waals surface area (Å²) >= 11 is 1.52. The molecular weight excluding hydrogens is 194 g/mol. The highest BCUT2D eigenvalue weighted by atomic mass is 32.1. The smallest absolute Gasteiger partial charge is 0.180 e. The van der Waals surface area contributed by atoms with Crippen molar-refractivity contribution >= 4 is 16.5 Å². The summed E-state index contributed by atoms with van der Waals surface area (Å²) < 4.78 is 0. The van der Waals surface area contributed by atoms with Gasteiger partial charge in [0, 0.05) is 18.5 Å². The summed E-state index contributed by atoms with van der Waals surface area (Å²) in [5, 5.41) is 2.71. The molecule has 4 heteroatoms. The predicted octanol–water partition coefficient (Wildman–Crippen LogP) is 2.20. The molecule has 3 nitrogen and oxygen atoms in total. The maximum atomic E-state index is 5.59. The second kappa shape index (κ2) is 5.32. The number of rotatable bonds is 5. The van der Waals surface area contributed by atoms with Crippen LogP contribution >= 0.6 is 11.3 Å². The maximum Gasteiger partial charge on any atom is 0.180 e. The zero-order valence-electron chi connectivity index (χ0n) is 9.16. The lowest BCUT2D eigenvalue weighted by atomic mass is 10.2. The van der Waals surface area contributed by atoms with E-state index in [0.717, 1.165) is 25.3 Å². The van der Waals surface area contributed by atoms with Crippen molar-refractivity contribution in [2.75, 3.05) is 18.8 Å². The SMILES string of the molecule is CCN(Cc1csc(N)n1)CC(C)C. The van der Waals surface area contributed by atoms with Gasteiger partial charge in [-0.25, -0.2) is 4.98 Å². The molecule has 1 heterocycles. The Balaban J connectivity index is 2.48. The molecule has 0 saturated carbocycles. The number of nitrogens with two attached hydrogens (primary N) is 1. The molecule has 0 radical (unpaired) electrons. The van der Waals surface area contributed by atoms with E-state index in [2.05, 4.69) is 30.7 Å². The number of aromatic nitrogens is 1. The first-order chi connectivity index (χ1) is 6.61. The highest BCUT2D eigenvalue weighted by molar-refractivity contribution is 7.13. The molecule has 0 spiro atoms. The molecule has 1 rings (SSSR count). The Kier molecular flexibility index (Phi) is 4.35. The molecule has 0 bridgehead atoms. The Bertz CT molecular complexity index is 270. The first-order valence-corrected chi connectivity index (χ1v) is 5.92. The monoisotopic (exact) mass is 213 g/mol. The summed E-state index contributed by atoms with van der Waals surface area (Å²) in [6.07, 6.45) is 0. The van der Waals surface area contributed by atoms with Crippen LogP contribution in [0.3, 0.4) is 0 Å². The number of anilines is 1. The number of hydrogen-bond donors (Lipinski definition) is 1. The van der Waals surface area contributed by atoms with Gasteiger partial charge in [0.05, 0.1) is 5.69 Å². The third-order valence-electron chi connectivity index (χ3n) is 2.03. The lowest BCUT2D eigenvalue weighted by Gasteiger charge is -2.21. The molecule has 1 aromatic heterocycles. The molecule has 0 aliphatic rings. The van der Waals surface area contributed by atoms with Gasteiger partial charge in [-0.2, -0.15) is 0 Å². The standard InChI is InChI=1S/C10H19N3S/c1-4-13(5-8(2)3)6-9-7-14-10(11)12-9/h7-8H,4-6H2,1-3H3,(H2,11,12). The van der Waals surface area contributed by atoms with Crippen molar-refractivity contribution in [1.82, 2.24) is 9.88 Å². The van der Waals surface area contributed by atoms with Gasteiger partial charge in [-0.15, -0.1) is 11.3 Å². The van der Waals surface area contributed by atoms with E-state index in [4.69, 9.17) is 5.73 Å². The minimum Gasteiger partial charge on any atom is -0.375 e. The molecule has 80 valence electrons. The van der Waals surface area contributed by atoms with Crippen LogP contribution in [0.15, 0.2) is 5.38 Å². The molecule has 14 heavy (non-hydrogen) atoms. The molecular formula is C10H19N3S. The van der Waals surface area contributed by atoms with E-state index < -0.39 is 0 Å². The average Bonchev–Trinajstić information content (AvgIpc) is 2.49. The lowest BCUT2D eigenvalue weighted by Crippen LogP contribution is -2.27. The van der Waals surface area contributed by atoms with Crippen LogP contribution in [0.1, 0.15) is 26.5 Å². The summed E-state index contributed by atoms with van der Waals surface area (Å²) in [6.45, 7) is 9.75. The Labute approximate surface area is 89.9 Å². The Morgan fingerprint density at radius 3 is 2.71 bits per heavy atom. The zero-order valence-corrected chi connectivity index (χ0v) is 9.97. The van der Waals surface area contributed by atoms with Gasteiger partial charge in [-0.05, 0) is 12.5 Å². The van der Waals surface area contributed by atoms with Crippen molar-refractivity contribution in [3.05, 3.63) is 11.1 Å². The van der Waals surface area contributed by atoms with Crippen molar-refractivity contribution in [3.63, 3.8) is 0 Å². The van der Waals surface area contributed by atoms with Crippen LogP contribution in [0.25, 0.3) is 0 Å². The summed E-state index contributed by atoms with van der Waals surface area (Å²) in [4.78, 5) is 6.65. The van der Waals surface area contributed by atoms with Gasteiger partial charge >= 0.3 is 0 Å². The van der Waals surface area contributed by atoms with Crippen LogP contribution in [-0.4, -0.2) is 23.0 Å². The van der Waals surface area contributed by atoms with Gasteiger partial charge in [0.2, 0.25) is 0 Å². The number of nitrogen functional groups attached to an aromatic ring is 1. The van der Waals surface area contributed by atoms with Crippen molar-refractivity contribution in [3.8, 4) is 0 Å². The fourth-order valence-electron chi connectivity index (χ4n) is 1.45. The molecule has 0 saturated heterocycles. The molecule has 0 aliphatic heterocycles. The van der Waals surface area contributed by atoms with E-state index in [1.807, 2.05) is 5.38 Å². The van der Waals surface area contributed by atoms with Gasteiger partial charge in [-0.3, -0.25) is 4.90 Å². The van der Waals surface area contributed by atoms with Crippen molar-refractivity contribution in [2.24, 2.45) is 5.92 Å². The fourth-order valence-corrected chi connectivity index (χ4v) is 2.00. The van der Waals surface area contributed by atoms with Gasteiger partial charge < -0.3 is 5.73 Å². The van der Waals surface area contributed by atoms with Crippen LogP contribution in [0.5, 0.6) is 0 Å². The third kappa shape index (κ3) is 3.64. The molecule has 1 aromatic rings. The largest absolute Gasteiger partial charge is 0.375 e. The average molecular weight is 213 g/mol. The molecule has 0 aromatic carbocycles. The fraction of sp³-hybridized carbons (Fsp3) is 0.700. The lowest BCUT2D eigenvalue weighted by molar-refractivity contribution is 0.246. The van der Waals surface area contributed by atoms with Crippen LogP contribution in [0.4, 0.5) is 5.13 Å². The number of nitrogens with zero attached hydrogens (tertiary/aromatic N) is 2.